The Hall–Kier alpha value is 1.23. The summed E-state index contributed by atoms with van der Waals surface area (Å²) >= 11 is 0. The first-order chi connectivity index (χ1) is 2.27. The topological polar surface area (TPSA) is 84.5 Å². The van der Waals surface area contributed by atoms with Crippen molar-refractivity contribution < 1.29 is 67.7 Å². The second-order valence-corrected chi connectivity index (χ2v) is 0.554. The SMILES string of the molecule is N.O=[N+](O)OP.[H-].[K+]. The summed E-state index contributed by atoms with van der Waals surface area (Å²) in [5, 5.41) is 6.73. The van der Waals surface area contributed by atoms with E-state index in [0.29, 0.717) is 0 Å². The molecule has 0 fully saturated rings. The second-order valence-electron chi connectivity index (χ2n) is 0.343. The third-order valence-electron chi connectivity index (χ3n) is 0.0902. The van der Waals surface area contributed by atoms with Crippen molar-refractivity contribution in [1.82, 2.24) is 6.15 Å². The predicted molar refractivity (Wildman–Crippen MR) is 22.3 cm³/mol. The summed E-state index contributed by atoms with van der Waals surface area (Å²) in [6.07, 6.45) is 0. The van der Waals surface area contributed by atoms with Crippen LogP contribution in [0, 0.1) is 4.91 Å². The smallest absolute Gasteiger partial charge is 1.00 e. The Balaban J connectivity index is -0.0000000267. The van der Waals surface area contributed by atoms with Crippen LogP contribution >= 0.6 is 9.47 Å². The van der Waals surface area contributed by atoms with Crippen molar-refractivity contribution in [3.05, 3.63) is 4.91 Å². The maximum atomic E-state index is 9.04. The Morgan fingerprint density at radius 3 is 2.00 bits per heavy atom. The molecule has 0 saturated heterocycles. The van der Waals surface area contributed by atoms with Crippen molar-refractivity contribution in [3.8, 4) is 0 Å². The largest absolute Gasteiger partial charge is 1.00 e. The molecule has 0 aromatic rings. The van der Waals surface area contributed by atoms with Gasteiger partial charge in [0, 0.05) is 0 Å². The van der Waals surface area contributed by atoms with Crippen LogP contribution in [0.3, 0.4) is 0 Å². The van der Waals surface area contributed by atoms with Gasteiger partial charge in [-0.15, -0.1) is 0 Å². The van der Waals surface area contributed by atoms with Crippen LogP contribution in [0.5, 0.6) is 0 Å². The molecule has 7 heavy (non-hydrogen) atoms. The van der Waals surface area contributed by atoms with Crippen LogP contribution in [-0.2, 0) is 4.62 Å². The standard InChI is InChI=1S/K.H3NO3P.H3N.H/c;2-1(3)4-5;;/h;5H2,(H,2,3);1H3;/q2*+1;;-1. The van der Waals surface area contributed by atoms with Crippen LogP contribution < -0.4 is 57.5 Å². The number of hydrogen-bond donors (Lipinski definition) is 2. The molecule has 1 unspecified atom stereocenters. The fraction of sp³-hybridized carbons (Fsp3) is 0. The average Bonchev–Trinajstić information content (AvgIpc) is 1.38. The zero-order valence-electron chi connectivity index (χ0n) is 5.00. The molecule has 0 aromatic heterocycles. The normalized spacial score (nSPS) is 4.71. The Labute approximate surface area is 87.1 Å². The molecule has 0 heterocycles. The molecule has 0 rings (SSSR count). The van der Waals surface area contributed by atoms with E-state index in [2.05, 4.69) is 4.62 Å². The minimum atomic E-state index is -0.662. The second kappa shape index (κ2) is 10.3. The van der Waals surface area contributed by atoms with Gasteiger partial charge in [-0.25, -0.2) is 5.21 Å². The third-order valence-corrected chi connectivity index (χ3v) is 0.271. The monoisotopic (exact) mass is 153 g/mol. The maximum Gasteiger partial charge on any atom is 1.00 e. The zero-order chi connectivity index (χ0) is 4.28. The molecule has 0 aliphatic carbocycles. The number of hydrogen-bond acceptors (Lipinski definition) is 3. The van der Waals surface area contributed by atoms with Gasteiger partial charge in [0.25, 0.3) is 0 Å². The molecular formula is H7KN2O3P+. The number of nitrogens with zero attached hydrogens (tertiary/aromatic N) is 1. The van der Waals surface area contributed by atoms with E-state index in [1.165, 1.54) is 0 Å². The molecule has 0 saturated carbocycles. The number of rotatable bonds is 1. The first kappa shape index (κ1) is 15.7. The third kappa shape index (κ3) is 19.0. The fourth-order valence-corrected chi connectivity index (χ4v) is 0. The summed E-state index contributed by atoms with van der Waals surface area (Å²) in [6.45, 7) is 0. The summed E-state index contributed by atoms with van der Waals surface area (Å²) in [4.78, 5) is 9.04. The summed E-state index contributed by atoms with van der Waals surface area (Å²) in [5.41, 5.74) is 0. The Bertz CT molecular complexity index is 52.5. The minimum absolute atomic E-state index is 0. The summed E-state index contributed by atoms with van der Waals surface area (Å²) in [7, 11) is 1.56. The summed E-state index contributed by atoms with van der Waals surface area (Å²) in [5.74, 6) is 0. The van der Waals surface area contributed by atoms with E-state index < -0.39 is 5.09 Å². The van der Waals surface area contributed by atoms with E-state index in [9.17, 15) is 0 Å². The quantitative estimate of drug-likeness (QED) is 0.241. The molecule has 4 N–H and O–H groups in total. The first-order valence-electron chi connectivity index (χ1n) is 0.801. The minimum Gasteiger partial charge on any atom is -1.00 e. The van der Waals surface area contributed by atoms with E-state index in [0.717, 1.165) is 0 Å². The van der Waals surface area contributed by atoms with Crippen LogP contribution in [-0.4, -0.2) is 10.3 Å². The first-order valence-corrected chi connectivity index (χ1v) is 1.27. The predicted octanol–water partition coefficient (Wildman–Crippen LogP) is -2.85. The molecule has 5 nitrogen and oxygen atoms in total. The Morgan fingerprint density at radius 2 is 2.00 bits per heavy atom. The average molecular weight is 153 g/mol. The van der Waals surface area contributed by atoms with Crippen LogP contribution in [0.2, 0.25) is 0 Å². The van der Waals surface area contributed by atoms with Crippen LogP contribution in [0.25, 0.3) is 0 Å². The molecule has 0 aliphatic rings. The molecule has 0 bridgehead atoms. The van der Waals surface area contributed by atoms with Gasteiger partial charge >= 0.3 is 56.5 Å². The van der Waals surface area contributed by atoms with Crippen molar-refractivity contribution in [3.63, 3.8) is 0 Å². The van der Waals surface area contributed by atoms with Crippen LogP contribution in [0.1, 0.15) is 1.43 Å². The van der Waals surface area contributed by atoms with Crippen LogP contribution in [0.4, 0.5) is 0 Å². The van der Waals surface area contributed by atoms with Gasteiger partial charge in [0.05, 0.1) is 0 Å². The van der Waals surface area contributed by atoms with Gasteiger partial charge in [0.15, 0.2) is 9.47 Å². The van der Waals surface area contributed by atoms with Crippen molar-refractivity contribution >= 4 is 9.47 Å². The van der Waals surface area contributed by atoms with Gasteiger partial charge in [0.2, 0.25) is 0 Å². The Kier molecular flexibility index (Phi) is 23.0. The molecule has 0 amide bonds. The molecule has 1 atom stereocenters. The maximum absolute atomic E-state index is 9.04. The zero-order valence-corrected chi connectivity index (χ0v) is 8.27. The van der Waals surface area contributed by atoms with Crippen molar-refractivity contribution in [2.45, 2.75) is 0 Å². The van der Waals surface area contributed by atoms with Crippen molar-refractivity contribution in [2.24, 2.45) is 0 Å². The van der Waals surface area contributed by atoms with E-state index in [4.69, 9.17) is 10.1 Å². The molecule has 40 valence electrons. The van der Waals surface area contributed by atoms with Gasteiger partial charge in [-0.05, 0) is 0 Å². The van der Waals surface area contributed by atoms with E-state index in [1.54, 1.807) is 9.47 Å². The van der Waals surface area contributed by atoms with Crippen LogP contribution in [0.15, 0.2) is 0 Å². The fourth-order valence-electron chi connectivity index (χ4n) is 0. The molecule has 0 aliphatic heterocycles. The van der Waals surface area contributed by atoms with Crippen molar-refractivity contribution in [1.29, 1.82) is 0 Å². The van der Waals surface area contributed by atoms with Gasteiger partial charge in [-0.3, -0.25) is 0 Å². The van der Waals surface area contributed by atoms with Crippen molar-refractivity contribution in [2.75, 3.05) is 0 Å². The summed E-state index contributed by atoms with van der Waals surface area (Å²) < 4.78 is 3.50. The van der Waals surface area contributed by atoms with E-state index >= 15 is 0 Å². The molecular weight excluding hydrogens is 146 g/mol. The molecule has 7 heteroatoms. The molecule has 0 aromatic carbocycles. The van der Waals surface area contributed by atoms with Gasteiger partial charge in [-0.2, -0.15) is 4.62 Å². The molecule has 0 radical (unpaired) electrons. The van der Waals surface area contributed by atoms with Gasteiger partial charge < -0.3 is 7.58 Å². The molecule has 0 spiro atoms. The van der Waals surface area contributed by atoms with Gasteiger partial charge in [-0.1, -0.05) is 0 Å². The van der Waals surface area contributed by atoms with Gasteiger partial charge in [0.1, 0.15) is 4.91 Å². The Morgan fingerprint density at radius 1 is 1.86 bits per heavy atom. The summed E-state index contributed by atoms with van der Waals surface area (Å²) in [6, 6.07) is 0. The van der Waals surface area contributed by atoms with E-state index in [1.807, 2.05) is 0 Å². The van der Waals surface area contributed by atoms with E-state index in [-0.39, 0.29) is 59.0 Å².